The molecular formula is C22H24N2O. The zero-order valence-electron chi connectivity index (χ0n) is 15.5. The summed E-state index contributed by atoms with van der Waals surface area (Å²) in [5, 5.41) is 5.45. The maximum absolute atomic E-state index is 12.5. The second-order valence-electron chi connectivity index (χ2n) is 7.54. The topological polar surface area (TPSA) is 42.0 Å². The lowest BCUT2D eigenvalue weighted by Crippen LogP contribution is -2.27. The Labute approximate surface area is 149 Å². The van der Waals surface area contributed by atoms with Gasteiger partial charge in [-0.2, -0.15) is 0 Å². The number of nitrogens with zero attached hydrogens (tertiary/aromatic N) is 1. The summed E-state index contributed by atoms with van der Waals surface area (Å²) >= 11 is 0. The number of benzene rings is 2. The average molecular weight is 332 g/mol. The number of carbonyl (C=O) groups excluding carboxylic acids is 1. The Kier molecular flexibility index (Phi) is 4.34. The molecule has 1 N–H and O–H groups in total. The molecule has 0 aliphatic carbocycles. The number of aromatic nitrogens is 1. The fourth-order valence-corrected chi connectivity index (χ4v) is 3.00. The van der Waals surface area contributed by atoms with Gasteiger partial charge in [0.15, 0.2) is 0 Å². The molecule has 2 aromatic carbocycles. The fraction of sp³-hybridized carbons (Fsp3) is 0.273. The van der Waals surface area contributed by atoms with Crippen LogP contribution in [0.2, 0.25) is 0 Å². The van der Waals surface area contributed by atoms with Crippen LogP contribution in [0.1, 0.15) is 31.9 Å². The molecule has 0 bridgehead atoms. The molecule has 0 unspecified atom stereocenters. The highest BCUT2D eigenvalue weighted by Crippen LogP contribution is 2.36. The molecule has 3 heteroatoms. The minimum Gasteiger partial charge on any atom is -0.325 e. The third kappa shape index (κ3) is 3.27. The monoisotopic (exact) mass is 332 g/mol. The van der Waals surface area contributed by atoms with E-state index >= 15 is 0 Å². The second kappa shape index (κ2) is 6.32. The molecule has 0 spiro atoms. The van der Waals surface area contributed by atoms with Crippen LogP contribution in [0.5, 0.6) is 0 Å². The number of carbonyl (C=O) groups is 1. The van der Waals surface area contributed by atoms with Crippen molar-refractivity contribution in [3.05, 3.63) is 59.9 Å². The summed E-state index contributed by atoms with van der Waals surface area (Å²) in [6.07, 6.45) is 3.74. The van der Waals surface area contributed by atoms with Gasteiger partial charge in [0.1, 0.15) is 0 Å². The highest BCUT2D eigenvalue weighted by Gasteiger charge is 2.22. The predicted octanol–water partition coefficient (Wildman–Crippen LogP) is 5.50. The van der Waals surface area contributed by atoms with Crippen LogP contribution in [0.15, 0.2) is 48.8 Å². The van der Waals surface area contributed by atoms with Gasteiger partial charge in [-0.3, -0.25) is 9.78 Å². The zero-order valence-corrected chi connectivity index (χ0v) is 15.5. The van der Waals surface area contributed by atoms with E-state index in [-0.39, 0.29) is 5.91 Å². The van der Waals surface area contributed by atoms with Gasteiger partial charge in [0.2, 0.25) is 5.91 Å². The van der Waals surface area contributed by atoms with Crippen molar-refractivity contribution in [2.45, 2.75) is 34.6 Å². The van der Waals surface area contributed by atoms with Gasteiger partial charge in [-0.15, -0.1) is 0 Å². The van der Waals surface area contributed by atoms with E-state index in [1.807, 2.05) is 51.4 Å². The first-order chi connectivity index (χ1) is 11.8. The van der Waals surface area contributed by atoms with Crippen molar-refractivity contribution >= 4 is 22.4 Å². The number of anilines is 1. The van der Waals surface area contributed by atoms with E-state index in [0.29, 0.717) is 0 Å². The summed E-state index contributed by atoms with van der Waals surface area (Å²) in [6, 6.07) is 12.2. The van der Waals surface area contributed by atoms with Crippen molar-refractivity contribution in [3.63, 3.8) is 0 Å². The maximum atomic E-state index is 12.5. The number of amides is 1. The first kappa shape index (κ1) is 17.2. The van der Waals surface area contributed by atoms with E-state index < -0.39 is 5.41 Å². The normalized spacial score (nSPS) is 11.6. The number of hydrogen-bond donors (Lipinski definition) is 1. The van der Waals surface area contributed by atoms with Crippen LogP contribution in [-0.2, 0) is 4.79 Å². The van der Waals surface area contributed by atoms with E-state index in [2.05, 4.69) is 42.3 Å². The van der Waals surface area contributed by atoms with Crippen LogP contribution in [0.25, 0.3) is 21.9 Å². The lowest BCUT2D eigenvalue weighted by atomic mass is 9.91. The standard InChI is InChI=1S/C22H24N2O/c1-14-12-18(15(2)19-13-23-11-10-16(14)19)17-8-6-7-9-20(17)24-21(25)22(3,4)5/h6-13H,1-5H3,(H,24,25). The number of para-hydroxylation sites is 1. The molecule has 25 heavy (non-hydrogen) atoms. The third-order valence-corrected chi connectivity index (χ3v) is 4.56. The Morgan fingerprint density at radius 2 is 1.72 bits per heavy atom. The molecule has 0 fully saturated rings. The van der Waals surface area contributed by atoms with Gasteiger partial charge in [0.25, 0.3) is 0 Å². The van der Waals surface area contributed by atoms with Gasteiger partial charge >= 0.3 is 0 Å². The highest BCUT2D eigenvalue weighted by atomic mass is 16.2. The smallest absolute Gasteiger partial charge is 0.229 e. The Balaban J connectivity index is 2.17. The van der Waals surface area contributed by atoms with E-state index in [1.165, 1.54) is 16.5 Å². The van der Waals surface area contributed by atoms with Gasteiger partial charge in [0.05, 0.1) is 0 Å². The molecule has 0 atom stereocenters. The van der Waals surface area contributed by atoms with E-state index in [9.17, 15) is 4.79 Å². The molecule has 0 radical (unpaired) electrons. The number of rotatable bonds is 2. The molecule has 0 saturated carbocycles. The number of pyridine rings is 1. The Bertz CT molecular complexity index is 952. The SMILES string of the molecule is Cc1cc(-c2ccccc2NC(=O)C(C)(C)C)c(C)c2cnccc12. The summed E-state index contributed by atoms with van der Waals surface area (Å²) in [5.74, 6) is 0.0109. The van der Waals surface area contributed by atoms with E-state index in [0.717, 1.165) is 22.2 Å². The van der Waals surface area contributed by atoms with E-state index in [4.69, 9.17) is 0 Å². The first-order valence-electron chi connectivity index (χ1n) is 8.54. The molecule has 0 saturated heterocycles. The van der Waals surface area contributed by atoms with Crippen LogP contribution in [0.3, 0.4) is 0 Å². The van der Waals surface area contributed by atoms with Crippen molar-refractivity contribution in [1.82, 2.24) is 4.98 Å². The highest BCUT2D eigenvalue weighted by molar-refractivity contribution is 6.00. The van der Waals surface area contributed by atoms with Gasteiger partial charge in [-0.1, -0.05) is 45.0 Å². The summed E-state index contributed by atoms with van der Waals surface area (Å²) in [6.45, 7) is 9.98. The Morgan fingerprint density at radius 3 is 2.44 bits per heavy atom. The zero-order chi connectivity index (χ0) is 18.2. The minimum absolute atomic E-state index is 0.0109. The maximum Gasteiger partial charge on any atom is 0.229 e. The van der Waals surface area contributed by atoms with Crippen molar-refractivity contribution < 1.29 is 4.79 Å². The number of aryl methyl sites for hydroxylation is 2. The third-order valence-electron chi connectivity index (χ3n) is 4.56. The van der Waals surface area contributed by atoms with Crippen molar-refractivity contribution in [2.75, 3.05) is 5.32 Å². The van der Waals surface area contributed by atoms with Gasteiger partial charge < -0.3 is 5.32 Å². The number of fused-ring (bicyclic) bond motifs is 1. The van der Waals surface area contributed by atoms with Gasteiger partial charge in [-0.25, -0.2) is 0 Å². The molecule has 3 nitrogen and oxygen atoms in total. The summed E-state index contributed by atoms with van der Waals surface area (Å²) < 4.78 is 0. The van der Waals surface area contributed by atoms with Crippen molar-refractivity contribution in [2.24, 2.45) is 5.41 Å². The molecular weight excluding hydrogens is 308 g/mol. The quantitative estimate of drug-likeness (QED) is 0.673. The van der Waals surface area contributed by atoms with Crippen LogP contribution < -0.4 is 5.32 Å². The molecule has 0 aliphatic rings. The summed E-state index contributed by atoms with van der Waals surface area (Å²) in [5.41, 5.74) is 4.94. The molecule has 3 aromatic rings. The van der Waals surface area contributed by atoms with Gasteiger partial charge in [0, 0.05) is 34.4 Å². The second-order valence-corrected chi connectivity index (χ2v) is 7.54. The van der Waals surface area contributed by atoms with E-state index in [1.54, 1.807) is 0 Å². The molecule has 1 aromatic heterocycles. The summed E-state index contributed by atoms with van der Waals surface area (Å²) in [7, 11) is 0. The minimum atomic E-state index is -0.439. The Hall–Kier alpha value is -2.68. The van der Waals surface area contributed by atoms with Crippen molar-refractivity contribution in [1.29, 1.82) is 0 Å². The summed E-state index contributed by atoms with van der Waals surface area (Å²) in [4.78, 5) is 16.7. The van der Waals surface area contributed by atoms with Crippen LogP contribution in [0, 0.1) is 19.3 Å². The first-order valence-corrected chi connectivity index (χ1v) is 8.54. The molecule has 3 rings (SSSR count). The van der Waals surface area contributed by atoms with Crippen LogP contribution >= 0.6 is 0 Å². The number of hydrogen-bond acceptors (Lipinski definition) is 2. The Morgan fingerprint density at radius 1 is 1.00 bits per heavy atom. The number of nitrogens with one attached hydrogen (secondary N) is 1. The average Bonchev–Trinajstić information content (AvgIpc) is 2.58. The lowest BCUT2D eigenvalue weighted by Gasteiger charge is -2.20. The fourth-order valence-electron chi connectivity index (χ4n) is 3.00. The molecule has 128 valence electrons. The molecule has 0 aliphatic heterocycles. The molecule has 1 amide bonds. The van der Waals surface area contributed by atoms with Crippen molar-refractivity contribution in [3.8, 4) is 11.1 Å². The largest absolute Gasteiger partial charge is 0.325 e. The predicted molar refractivity (Wildman–Crippen MR) is 105 cm³/mol. The van der Waals surface area contributed by atoms with Crippen LogP contribution in [0.4, 0.5) is 5.69 Å². The van der Waals surface area contributed by atoms with Crippen LogP contribution in [-0.4, -0.2) is 10.9 Å². The van der Waals surface area contributed by atoms with Gasteiger partial charge in [-0.05, 0) is 48.1 Å². The molecule has 1 heterocycles. The lowest BCUT2D eigenvalue weighted by molar-refractivity contribution is -0.123.